The van der Waals surface area contributed by atoms with Crippen molar-refractivity contribution in [3.8, 4) is 6.07 Å². The summed E-state index contributed by atoms with van der Waals surface area (Å²) in [5.41, 5.74) is 2.37. The lowest BCUT2D eigenvalue weighted by Crippen LogP contribution is -2.52. The van der Waals surface area contributed by atoms with Gasteiger partial charge in [-0.3, -0.25) is 14.6 Å². The molecule has 1 fully saturated rings. The molecule has 1 aliphatic rings. The van der Waals surface area contributed by atoms with E-state index in [-0.39, 0.29) is 11.9 Å². The van der Waals surface area contributed by atoms with Crippen molar-refractivity contribution in [1.82, 2.24) is 9.80 Å². The fourth-order valence-electron chi connectivity index (χ4n) is 3.05. The Morgan fingerprint density at radius 2 is 2.12 bits per heavy atom. The number of halogens is 1. The van der Waals surface area contributed by atoms with E-state index >= 15 is 0 Å². The number of piperazine rings is 1. The van der Waals surface area contributed by atoms with Crippen LogP contribution < -0.4 is 5.32 Å². The Hall–Kier alpha value is -1.91. The van der Waals surface area contributed by atoms with Gasteiger partial charge in [0.15, 0.2) is 0 Å². The second-order valence-corrected chi connectivity index (χ2v) is 7.60. The zero-order chi connectivity index (χ0) is 18.5. The van der Waals surface area contributed by atoms with Crippen molar-refractivity contribution in [3.05, 3.63) is 51.2 Å². The Morgan fingerprint density at radius 3 is 2.73 bits per heavy atom. The van der Waals surface area contributed by atoms with Gasteiger partial charge in [-0.05, 0) is 47.5 Å². The molecule has 1 aliphatic heterocycles. The summed E-state index contributed by atoms with van der Waals surface area (Å²) in [5.74, 6) is -0.0583. The maximum atomic E-state index is 12.5. The van der Waals surface area contributed by atoms with E-state index in [1.165, 1.54) is 5.56 Å². The molecule has 1 atom stereocenters. The number of nitriles is 1. The summed E-state index contributed by atoms with van der Waals surface area (Å²) in [6.07, 6.45) is 0. The van der Waals surface area contributed by atoms with Gasteiger partial charge in [-0.25, -0.2) is 0 Å². The lowest BCUT2D eigenvalue weighted by atomic mass is 10.2. The first kappa shape index (κ1) is 18.9. The van der Waals surface area contributed by atoms with Crippen LogP contribution in [0.2, 0.25) is 5.02 Å². The normalized spacial score (nSPS) is 16.8. The van der Waals surface area contributed by atoms with Crippen LogP contribution in [0.25, 0.3) is 0 Å². The zero-order valence-electron chi connectivity index (χ0n) is 14.6. The number of nitrogens with zero attached hydrogens (tertiary/aromatic N) is 3. The largest absolute Gasteiger partial charge is 0.325 e. The van der Waals surface area contributed by atoms with Crippen LogP contribution in [-0.4, -0.2) is 47.9 Å². The Bertz CT molecular complexity index is 794. The molecule has 7 heteroatoms. The van der Waals surface area contributed by atoms with Crippen molar-refractivity contribution in [2.45, 2.75) is 19.5 Å². The summed E-state index contributed by atoms with van der Waals surface area (Å²) in [5, 5.41) is 16.4. The molecule has 2 heterocycles. The molecule has 3 rings (SSSR count). The Balaban J connectivity index is 1.51. The molecule has 1 N–H and O–H groups in total. The number of hydrogen-bond acceptors (Lipinski definition) is 5. The molecule has 1 amide bonds. The van der Waals surface area contributed by atoms with E-state index in [0.717, 1.165) is 32.7 Å². The summed E-state index contributed by atoms with van der Waals surface area (Å²) in [6.45, 7) is 6.54. The van der Waals surface area contributed by atoms with Gasteiger partial charge in [0.2, 0.25) is 5.91 Å². The van der Waals surface area contributed by atoms with Crippen LogP contribution >= 0.6 is 22.9 Å². The zero-order valence-corrected chi connectivity index (χ0v) is 16.2. The highest BCUT2D eigenvalue weighted by atomic mass is 35.5. The molecule has 1 aromatic carbocycles. The number of nitrogens with one attached hydrogen (secondary N) is 1. The van der Waals surface area contributed by atoms with Crippen LogP contribution in [0.4, 0.5) is 5.69 Å². The van der Waals surface area contributed by atoms with Crippen molar-refractivity contribution in [2.24, 2.45) is 0 Å². The number of carbonyl (C=O) groups is 1. The molecule has 0 radical (unpaired) electrons. The minimum absolute atomic E-state index is 0.0583. The van der Waals surface area contributed by atoms with Crippen LogP contribution in [0.1, 0.15) is 18.1 Å². The molecule has 0 unspecified atom stereocenters. The summed E-state index contributed by atoms with van der Waals surface area (Å²) >= 11 is 7.75. The third-order valence-corrected chi connectivity index (χ3v) is 5.72. The standard InChI is InChI=1S/C19H21ClN4OS/c1-14(19(25)22-17-3-2-16(11-21)18(20)10-17)24-7-5-23(6-8-24)12-15-4-9-26-13-15/h2-4,9-10,13-14H,5-8,12H2,1H3,(H,22,25)/t14-/m1/s1. The number of amides is 1. The van der Waals surface area contributed by atoms with E-state index in [2.05, 4.69) is 31.9 Å². The molecular formula is C19H21ClN4OS. The third-order valence-electron chi connectivity index (χ3n) is 4.68. The highest BCUT2D eigenvalue weighted by Gasteiger charge is 2.25. The number of carbonyl (C=O) groups excluding carboxylic acids is 1. The average Bonchev–Trinajstić information content (AvgIpc) is 3.15. The summed E-state index contributed by atoms with van der Waals surface area (Å²) in [6, 6.07) is 8.89. The molecular weight excluding hydrogens is 368 g/mol. The van der Waals surface area contributed by atoms with Crippen molar-refractivity contribution < 1.29 is 4.79 Å². The predicted octanol–water partition coefficient (Wildman–Crippen LogP) is 3.42. The van der Waals surface area contributed by atoms with Gasteiger partial charge in [0.05, 0.1) is 16.6 Å². The quantitative estimate of drug-likeness (QED) is 0.852. The van der Waals surface area contributed by atoms with Crippen molar-refractivity contribution in [3.63, 3.8) is 0 Å². The maximum Gasteiger partial charge on any atom is 0.241 e. The molecule has 136 valence electrons. The van der Waals surface area contributed by atoms with Crippen LogP contribution in [0.3, 0.4) is 0 Å². The third kappa shape index (κ3) is 4.63. The molecule has 1 saturated heterocycles. The van der Waals surface area contributed by atoms with Crippen molar-refractivity contribution in [2.75, 3.05) is 31.5 Å². The van der Waals surface area contributed by atoms with Crippen LogP contribution in [0.15, 0.2) is 35.0 Å². The number of rotatable bonds is 5. The molecule has 0 aliphatic carbocycles. The second-order valence-electron chi connectivity index (χ2n) is 6.42. The average molecular weight is 389 g/mol. The Labute approximate surface area is 162 Å². The highest BCUT2D eigenvalue weighted by molar-refractivity contribution is 7.07. The Kier molecular flexibility index (Phi) is 6.28. The van der Waals surface area contributed by atoms with E-state index in [9.17, 15) is 4.79 Å². The van der Waals surface area contributed by atoms with Crippen molar-refractivity contribution >= 4 is 34.5 Å². The van der Waals surface area contributed by atoms with Crippen molar-refractivity contribution in [1.29, 1.82) is 5.26 Å². The molecule has 0 bridgehead atoms. The molecule has 1 aromatic heterocycles. The SMILES string of the molecule is C[C@H](C(=O)Nc1ccc(C#N)c(Cl)c1)N1CCN(Cc2ccsc2)CC1. The van der Waals surface area contributed by atoms with Gasteiger partial charge in [-0.2, -0.15) is 16.6 Å². The van der Waals surface area contributed by atoms with E-state index in [4.69, 9.17) is 16.9 Å². The predicted molar refractivity (Wildman–Crippen MR) is 105 cm³/mol. The molecule has 0 spiro atoms. The number of benzene rings is 1. The molecule has 0 saturated carbocycles. The molecule has 26 heavy (non-hydrogen) atoms. The fourth-order valence-corrected chi connectivity index (χ4v) is 3.93. The molecule has 5 nitrogen and oxygen atoms in total. The summed E-state index contributed by atoms with van der Waals surface area (Å²) < 4.78 is 0. The topological polar surface area (TPSA) is 59.4 Å². The van der Waals surface area contributed by atoms with E-state index in [0.29, 0.717) is 16.3 Å². The first-order chi connectivity index (χ1) is 12.6. The summed E-state index contributed by atoms with van der Waals surface area (Å²) in [7, 11) is 0. The first-order valence-corrected chi connectivity index (χ1v) is 9.87. The lowest BCUT2D eigenvalue weighted by Gasteiger charge is -2.37. The van der Waals surface area contributed by atoms with Crippen LogP contribution in [-0.2, 0) is 11.3 Å². The lowest BCUT2D eigenvalue weighted by molar-refractivity contribution is -0.121. The van der Waals surface area contributed by atoms with Gasteiger partial charge in [0.1, 0.15) is 6.07 Å². The number of anilines is 1. The van der Waals surface area contributed by atoms with Gasteiger partial charge in [-0.15, -0.1) is 0 Å². The van der Waals surface area contributed by atoms with Crippen LogP contribution in [0, 0.1) is 11.3 Å². The Morgan fingerprint density at radius 1 is 1.35 bits per heavy atom. The smallest absolute Gasteiger partial charge is 0.241 e. The van der Waals surface area contributed by atoms with Crippen LogP contribution in [0.5, 0.6) is 0 Å². The minimum atomic E-state index is -0.215. The second kappa shape index (κ2) is 8.65. The number of thiophene rings is 1. The van der Waals surface area contributed by atoms with Gasteiger partial charge in [0, 0.05) is 38.4 Å². The maximum absolute atomic E-state index is 12.5. The summed E-state index contributed by atoms with van der Waals surface area (Å²) in [4.78, 5) is 17.2. The van der Waals surface area contributed by atoms with E-state index < -0.39 is 0 Å². The minimum Gasteiger partial charge on any atom is -0.325 e. The number of hydrogen-bond donors (Lipinski definition) is 1. The highest BCUT2D eigenvalue weighted by Crippen LogP contribution is 2.21. The van der Waals surface area contributed by atoms with E-state index in [1.807, 2.05) is 13.0 Å². The first-order valence-electron chi connectivity index (χ1n) is 8.55. The van der Waals surface area contributed by atoms with E-state index in [1.54, 1.807) is 29.5 Å². The van der Waals surface area contributed by atoms with Gasteiger partial charge < -0.3 is 5.32 Å². The van der Waals surface area contributed by atoms with Gasteiger partial charge in [-0.1, -0.05) is 11.6 Å². The molecule has 2 aromatic rings. The van der Waals surface area contributed by atoms with Gasteiger partial charge >= 0.3 is 0 Å². The monoisotopic (exact) mass is 388 g/mol. The van der Waals surface area contributed by atoms with Gasteiger partial charge in [0.25, 0.3) is 0 Å². The fraction of sp³-hybridized carbons (Fsp3) is 0.368.